The van der Waals surface area contributed by atoms with Crippen molar-refractivity contribution in [2.75, 3.05) is 5.01 Å². The lowest BCUT2D eigenvalue weighted by molar-refractivity contribution is 0.0987. The maximum absolute atomic E-state index is 12.1. The van der Waals surface area contributed by atoms with Crippen molar-refractivity contribution in [1.29, 1.82) is 0 Å². The molecule has 0 fully saturated rings. The van der Waals surface area contributed by atoms with Crippen LogP contribution in [-0.2, 0) is 0 Å². The van der Waals surface area contributed by atoms with Crippen LogP contribution in [-0.4, -0.2) is 11.0 Å². The number of phenols is 1. The molecule has 0 heterocycles. The van der Waals surface area contributed by atoms with Gasteiger partial charge in [0.2, 0.25) is 0 Å². The van der Waals surface area contributed by atoms with Gasteiger partial charge in [-0.1, -0.05) is 18.2 Å². The maximum Gasteiger partial charge on any atom is 0.272 e. The number of nitrogens with zero attached hydrogens (tertiary/aromatic N) is 1. The van der Waals surface area contributed by atoms with Crippen LogP contribution in [0.2, 0.25) is 0 Å². The van der Waals surface area contributed by atoms with Crippen molar-refractivity contribution >= 4 is 11.6 Å². The number of phenolic OH excluding ortho intramolecular Hbond substituents is 1. The zero-order valence-corrected chi connectivity index (χ0v) is 10.00. The fourth-order valence-corrected chi connectivity index (χ4v) is 1.63. The fourth-order valence-electron chi connectivity index (χ4n) is 1.63. The second-order valence-electron chi connectivity index (χ2n) is 4.01. The number of nitrogens with two attached hydrogens (primary N) is 1. The SMILES string of the molecule is Cc1cc(N(N)C(=O)c2ccccc2)ccc1O. The molecule has 0 spiro atoms. The first kappa shape index (κ1) is 12.1. The highest BCUT2D eigenvalue weighted by Crippen LogP contribution is 2.22. The van der Waals surface area contributed by atoms with E-state index in [2.05, 4.69) is 0 Å². The summed E-state index contributed by atoms with van der Waals surface area (Å²) in [6, 6.07) is 13.6. The molecule has 3 N–H and O–H groups in total. The lowest BCUT2D eigenvalue weighted by atomic mass is 10.1. The predicted octanol–water partition coefficient (Wildman–Crippen LogP) is 2.22. The molecule has 2 rings (SSSR count). The van der Waals surface area contributed by atoms with E-state index in [1.165, 1.54) is 6.07 Å². The van der Waals surface area contributed by atoms with Crippen molar-refractivity contribution in [3.05, 3.63) is 59.7 Å². The summed E-state index contributed by atoms with van der Waals surface area (Å²) >= 11 is 0. The molecule has 92 valence electrons. The number of carbonyl (C=O) groups excluding carboxylic acids is 1. The third kappa shape index (κ3) is 2.33. The summed E-state index contributed by atoms with van der Waals surface area (Å²) in [6.07, 6.45) is 0. The molecule has 0 unspecified atom stereocenters. The quantitative estimate of drug-likeness (QED) is 0.482. The summed E-state index contributed by atoms with van der Waals surface area (Å²) in [4.78, 5) is 12.1. The van der Waals surface area contributed by atoms with Gasteiger partial charge < -0.3 is 5.11 Å². The van der Waals surface area contributed by atoms with Crippen LogP contribution in [0.3, 0.4) is 0 Å². The Labute approximate surface area is 105 Å². The van der Waals surface area contributed by atoms with Crippen molar-refractivity contribution in [3.8, 4) is 5.75 Å². The zero-order chi connectivity index (χ0) is 13.1. The summed E-state index contributed by atoms with van der Waals surface area (Å²) in [5.74, 6) is 5.68. The average Bonchev–Trinajstić information content (AvgIpc) is 2.41. The van der Waals surface area contributed by atoms with Crippen molar-refractivity contribution in [3.63, 3.8) is 0 Å². The number of rotatable bonds is 2. The average molecular weight is 242 g/mol. The summed E-state index contributed by atoms with van der Waals surface area (Å²) in [7, 11) is 0. The third-order valence-electron chi connectivity index (χ3n) is 2.70. The summed E-state index contributed by atoms with van der Waals surface area (Å²) in [5.41, 5.74) is 1.73. The highest BCUT2D eigenvalue weighted by Gasteiger charge is 2.14. The number of benzene rings is 2. The Hall–Kier alpha value is -2.33. The predicted molar refractivity (Wildman–Crippen MR) is 70.3 cm³/mol. The van der Waals surface area contributed by atoms with Crippen LogP contribution in [0.15, 0.2) is 48.5 Å². The van der Waals surface area contributed by atoms with Gasteiger partial charge in [-0.3, -0.25) is 4.79 Å². The Morgan fingerprint density at radius 2 is 1.83 bits per heavy atom. The summed E-state index contributed by atoms with van der Waals surface area (Å²) in [5, 5.41) is 10.5. The first-order chi connectivity index (χ1) is 8.59. The lowest BCUT2D eigenvalue weighted by Crippen LogP contribution is -2.37. The van der Waals surface area contributed by atoms with Gasteiger partial charge in [-0.05, 0) is 42.8 Å². The normalized spacial score (nSPS) is 10.1. The Bertz CT molecular complexity index is 567. The molecule has 0 saturated carbocycles. The molecule has 4 heteroatoms. The van der Waals surface area contributed by atoms with Crippen LogP contribution in [0.25, 0.3) is 0 Å². The summed E-state index contributed by atoms with van der Waals surface area (Å²) < 4.78 is 0. The van der Waals surface area contributed by atoms with E-state index in [1.54, 1.807) is 43.3 Å². The van der Waals surface area contributed by atoms with Crippen molar-refractivity contribution in [2.24, 2.45) is 5.84 Å². The van der Waals surface area contributed by atoms with E-state index in [4.69, 9.17) is 5.84 Å². The number of anilines is 1. The molecule has 18 heavy (non-hydrogen) atoms. The Morgan fingerprint density at radius 3 is 2.44 bits per heavy atom. The van der Waals surface area contributed by atoms with Crippen LogP contribution >= 0.6 is 0 Å². The van der Waals surface area contributed by atoms with E-state index in [9.17, 15) is 9.90 Å². The Balaban J connectivity index is 2.28. The molecular weight excluding hydrogens is 228 g/mol. The molecular formula is C14H14N2O2. The maximum atomic E-state index is 12.1. The van der Waals surface area contributed by atoms with E-state index in [-0.39, 0.29) is 11.7 Å². The number of hydrogen-bond acceptors (Lipinski definition) is 3. The summed E-state index contributed by atoms with van der Waals surface area (Å²) in [6.45, 7) is 1.75. The van der Waals surface area contributed by atoms with Crippen LogP contribution in [0, 0.1) is 6.92 Å². The highest BCUT2D eigenvalue weighted by atomic mass is 16.3. The van der Waals surface area contributed by atoms with E-state index in [1.807, 2.05) is 6.07 Å². The third-order valence-corrected chi connectivity index (χ3v) is 2.70. The van der Waals surface area contributed by atoms with E-state index >= 15 is 0 Å². The van der Waals surface area contributed by atoms with Crippen molar-refractivity contribution in [1.82, 2.24) is 0 Å². The van der Waals surface area contributed by atoms with Gasteiger partial charge in [0, 0.05) is 5.56 Å². The molecule has 2 aromatic rings. The van der Waals surface area contributed by atoms with E-state index in [0.717, 1.165) is 5.01 Å². The molecule has 0 atom stereocenters. The van der Waals surface area contributed by atoms with Crippen molar-refractivity contribution in [2.45, 2.75) is 6.92 Å². The van der Waals surface area contributed by atoms with Crippen LogP contribution in [0.5, 0.6) is 5.75 Å². The molecule has 0 aliphatic carbocycles. The molecule has 0 aromatic heterocycles. The minimum atomic E-state index is -0.291. The number of aryl methyl sites for hydroxylation is 1. The van der Waals surface area contributed by atoms with E-state index in [0.29, 0.717) is 16.8 Å². The smallest absolute Gasteiger partial charge is 0.272 e. The van der Waals surface area contributed by atoms with E-state index < -0.39 is 0 Å². The molecule has 0 bridgehead atoms. The van der Waals surface area contributed by atoms with Gasteiger partial charge in [-0.2, -0.15) is 0 Å². The molecule has 0 aliphatic rings. The van der Waals surface area contributed by atoms with Crippen LogP contribution in [0.1, 0.15) is 15.9 Å². The van der Waals surface area contributed by atoms with Gasteiger partial charge in [0.1, 0.15) is 5.75 Å². The lowest BCUT2D eigenvalue weighted by Gasteiger charge is -2.17. The molecule has 4 nitrogen and oxygen atoms in total. The zero-order valence-electron chi connectivity index (χ0n) is 10.00. The van der Waals surface area contributed by atoms with Gasteiger partial charge in [0.15, 0.2) is 0 Å². The van der Waals surface area contributed by atoms with Crippen molar-refractivity contribution < 1.29 is 9.90 Å². The highest BCUT2D eigenvalue weighted by molar-refractivity contribution is 6.05. The Kier molecular flexibility index (Phi) is 3.30. The molecule has 0 radical (unpaired) electrons. The minimum absolute atomic E-state index is 0.180. The first-order valence-corrected chi connectivity index (χ1v) is 5.53. The number of hydrazine groups is 1. The Morgan fingerprint density at radius 1 is 1.17 bits per heavy atom. The topological polar surface area (TPSA) is 66.6 Å². The molecule has 0 saturated heterocycles. The molecule has 2 aromatic carbocycles. The van der Waals surface area contributed by atoms with Gasteiger partial charge in [0.25, 0.3) is 5.91 Å². The number of aromatic hydroxyl groups is 1. The van der Waals surface area contributed by atoms with Gasteiger partial charge >= 0.3 is 0 Å². The minimum Gasteiger partial charge on any atom is -0.508 e. The van der Waals surface area contributed by atoms with Gasteiger partial charge in [-0.25, -0.2) is 10.9 Å². The van der Waals surface area contributed by atoms with Crippen LogP contribution < -0.4 is 10.9 Å². The van der Waals surface area contributed by atoms with Gasteiger partial charge in [0.05, 0.1) is 5.69 Å². The second kappa shape index (κ2) is 4.89. The molecule has 0 aliphatic heterocycles. The largest absolute Gasteiger partial charge is 0.508 e. The number of amides is 1. The van der Waals surface area contributed by atoms with Crippen LogP contribution in [0.4, 0.5) is 5.69 Å². The fraction of sp³-hybridized carbons (Fsp3) is 0.0714. The standard InChI is InChI=1S/C14H14N2O2/c1-10-9-12(7-8-13(10)17)16(15)14(18)11-5-3-2-4-6-11/h2-9,17H,15H2,1H3. The monoisotopic (exact) mass is 242 g/mol. The molecule has 1 amide bonds. The number of hydrogen-bond donors (Lipinski definition) is 2. The first-order valence-electron chi connectivity index (χ1n) is 5.53. The second-order valence-corrected chi connectivity index (χ2v) is 4.01. The van der Waals surface area contributed by atoms with Gasteiger partial charge in [-0.15, -0.1) is 0 Å². The number of carbonyl (C=O) groups is 1.